The van der Waals surface area contributed by atoms with Crippen LogP contribution in [0.2, 0.25) is 5.02 Å². The molecule has 0 radical (unpaired) electrons. The molecule has 0 fully saturated rings. The second-order valence-corrected chi connectivity index (χ2v) is 7.27. The average molecular weight is 456 g/mol. The van der Waals surface area contributed by atoms with Crippen molar-refractivity contribution in [1.82, 2.24) is 45.1 Å². The maximum Gasteiger partial charge on any atom is 0.315 e. The van der Waals surface area contributed by atoms with E-state index in [1.54, 1.807) is 23.9 Å². The number of halogens is 2. The van der Waals surface area contributed by atoms with Crippen LogP contribution in [-0.4, -0.2) is 40.5 Å². The zero-order chi connectivity index (χ0) is 22.7. The molecule has 10 nitrogen and oxygen atoms in total. The normalized spacial score (nSPS) is 10.9. The molecule has 164 valence electrons. The summed E-state index contributed by atoms with van der Waals surface area (Å²) in [6.45, 7) is 3.82. The van der Waals surface area contributed by atoms with E-state index < -0.39 is 11.8 Å². The Morgan fingerprint density at radius 1 is 1.03 bits per heavy atom. The van der Waals surface area contributed by atoms with Crippen LogP contribution in [0.15, 0.2) is 42.9 Å². The van der Waals surface area contributed by atoms with Crippen LogP contribution in [0.25, 0.3) is 11.4 Å². The zero-order valence-corrected chi connectivity index (χ0v) is 18.0. The molecule has 3 heterocycles. The molecule has 4 rings (SSSR count). The van der Waals surface area contributed by atoms with Crippen LogP contribution in [0.3, 0.4) is 0 Å². The number of urea groups is 1. The number of nitrogens with one attached hydrogen (secondary N) is 2. The van der Waals surface area contributed by atoms with Gasteiger partial charge in [-0.05, 0) is 38.1 Å². The molecular weight excluding hydrogens is 437 g/mol. The number of aryl methyl sites for hydroxylation is 2. The average Bonchev–Trinajstić information content (AvgIpc) is 3.39. The number of nitrogens with zero attached hydrogens (tertiary/aromatic N) is 7. The van der Waals surface area contributed by atoms with Crippen LogP contribution in [-0.2, 0) is 13.1 Å². The van der Waals surface area contributed by atoms with E-state index in [0.29, 0.717) is 23.2 Å². The number of benzene rings is 1. The van der Waals surface area contributed by atoms with Crippen molar-refractivity contribution in [3.8, 4) is 11.4 Å². The lowest BCUT2D eigenvalue weighted by Gasteiger charge is -2.10. The molecule has 2 amide bonds. The summed E-state index contributed by atoms with van der Waals surface area (Å²) in [4.78, 5) is 25.1. The zero-order valence-electron chi connectivity index (χ0n) is 17.3. The van der Waals surface area contributed by atoms with Crippen molar-refractivity contribution in [3.05, 3.63) is 76.9 Å². The molecule has 2 N–H and O–H groups in total. The lowest BCUT2D eigenvalue weighted by molar-refractivity contribution is 0.239. The fourth-order valence-electron chi connectivity index (χ4n) is 2.97. The third kappa shape index (κ3) is 4.72. The molecule has 0 aliphatic heterocycles. The summed E-state index contributed by atoms with van der Waals surface area (Å²) < 4.78 is 16.9. The highest BCUT2D eigenvalue weighted by Gasteiger charge is 2.13. The Hall–Kier alpha value is -3.86. The minimum Gasteiger partial charge on any atom is -0.331 e. The van der Waals surface area contributed by atoms with Crippen LogP contribution in [0.5, 0.6) is 0 Å². The van der Waals surface area contributed by atoms with E-state index in [2.05, 4.69) is 35.8 Å². The van der Waals surface area contributed by atoms with E-state index in [-0.39, 0.29) is 18.1 Å². The van der Waals surface area contributed by atoms with Gasteiger partial charge in [0, 0.05) is 11.8 Å². The highest BCUT2D eigenvalue weighted by atomic mass is 35.5. The molecule has 0 unspecified atom stereocenters. The minimum atomic E-state index is -0.568. The Morgan fingerprint density at radius 2 is 1.78 bits per heavy atom. The SMILES string of the molecule is Cc1ccc(-n2ncnc2CNC(=O)NCc2nc(C)nn2-c2ccc(Cl)c(F)c2)cn1. The molecule has 0 aliphatic carbocycles. The Bertz CT molecular complexity index is 1250. The van der Waals surface area contributed by atoms with E-state index in [0.717, 1.165) is 11.4 Å². The Morgan fingerprint density at radius 3 is 2.50 bits per heavy atom. The largest absolute Gasteiger partial charge is 0.331 e. The predicted octanol–water partition coefficient (Wildman–Crippen LogP) is 2.65. The van der Waals surface area contributed by atoms with Gasteiger partial charge in [-0.1, -0.05) is 11.6 Å². The van der Waals surface area contributed by atoms with Gasteiger partial charge in [-0.2, -0.15) is 10.2 Å². The number of amides is 2. The number of hydrogen-bond acceptors (Lipinski definition) is 6. The first kappa shape index (κ1) is 21.4. The predicted molar refractivity (Wildman–Crippen MR) is 114 cm³/mol. The van der Waals surface area contributed by atoms with Gasteiger partial charge < -0.3 is 10.6 Å². The molecule has 0 saturated heterocycles. The van der Waals surface area contributed by atoms with E-state index in [9.17, 15) is 9.18 Å². The van der Waals surface area contributed by atoms with Gasteiger partial charge >= 0.3 is 6.03 Å². The molecule has 0 saturated carbocycles. The third-order valence-corrected chi connectivity index (χ3v) is 4.81. The quantitative estimate of drug-likeness (QED) is 0.462. The second-order valence-electron chi connectivity index (χ2n) is 6.87. The molecule has 0 spiro atoms. The summed E-state index contributed by atoms with van der Waals surface area (Å²) in [6.07, 6.45) is 3.09. The number of pyridine rings is 1. The highest BCUT2D eigenvalue weighted by molar-refractivity contribution is 6.30. The second kappa shape index (κ2) is 9.10. The fraction of sp³-hybridized carbons (Fsp3) is 0.200. The summed E-state index contributed by atoms with van der Waals surface area (Å²) in [6, 6.07) is 7.62. The van der Waals surface area contributed by atoms with E-state index >= 15 is 0 Å². The van der Waals surface area contributed by atoms with Crippen LogP contribution < -0.4 is 10.6 Å². The number of carbonyl (C=O) groups excluding carboxylic acids is 1. The maximum absolute atomic E-state index is 13.8. The van der Waals surface area contributed by atoms with Gasteiger partial charge in [-0.3, -0.25) is 4.98 Å². The standard InChI is InChI=1S/C20H19ClFN9O/c1-12-3-4-15(8-23-12)30-18(26-11-27-30)9-24-20(32)25-10-19-28-13(2)29-31(19)14-5-6-16(21)17(22)7-14/h3-8,11H,9-10H2,1-2H3,(H2,24,25,32). The lowest BCUT2D eigenvalue weighted by atomic mass is 10.3. The van der Waals surface area contributed by atoms with Crippen molar-refractivity contribution >= 4 is 17.6 Å². The van der Waals surface area contributed by atoms with Gasteiger partial charge in [-0.15, -0.1) is 0 Å². The number of carbonyl (C=O) groups is 1. The molecule has 4 aromatic rings. The smallest absolute Gasteiger partial charge is 0.315 e. The highest BCUT2D eigenvalue weighted by Crippen LogP contribution is 2.19. The van der Waals surface area contributed by atoms with E-state index in [1.165, 1.54) is 23.1 Å². The first-order valence-corrected chi connectivity index (χ1v) is 10.00. The van der Waals surface area contributed by atoms with Crippen molar-refractivity contribution in [1.29, 1.82) is 0 Å². The van der Waals surface area contributed by atoms with E-state index in [4.69, 9.17) is 11.6 Å². The molecular formula is C20H19ClFN9O. The molecule has 12 heteroatoms. The molecule has 0 atom stereocenters. The van der Waals surface area contributed by atoms with Gasteiger partial charge in [0.1, 0.15) is 18.0 Å². The Balaban J connectivity index is 1.39. The summed E-state index contributed by atoms with van der Waals surface area (Å²) in [5.41, 5.74) is 2.07. The van der Waals surface area contributed by atoms with Crippen LogP contribution in [0.4, 0.5) is 9.18 Å². The first-order chi connectivity index (χ1) is 15.4. The van der Waals surface area contributed by atoms with Gasteiger partial charge in [0.25, 0.3) is 0 Å². The number of hydrogen-bond donors (Lipinski definition) is 2. The summed E-state index contributed by atoms with van der Waals surface area (Å²) >= 11 is 5.75. The van der Waals surface area contributed by atoms with E-state index in [1.807, 2.05) is 19.1 Å². The molecule has 0 aliphatic rings. The van der Waals surface area contributed by atoms with Crippen LogP contribution in [0.1, 0.15) is 23.2 Å². The number of rotatable bonds is 6. The third-order valence-electron chi connectivity index (χ3n) is 4.50. The van der Waals surface area contributed by atoms with Gasteiger partial charge in [-0.25, -0.2) is 28.5 Å². The van der Waals surface area contributed by atoms with Gasteiger partial charge in [0.2, 0.25) is 0 Å². The summed E-state index contributed by atoms with van der Waals surface area (Å²) in [5.74, 6) is 0.897. The lowest BCUT2D eigenvalue weighted by Crippen LogP contribution is -2.36. The summed E-state index contributed by atoms with van der Waals surface area (Å²) in [7, 11) is 0. The minimum absolute atomic E-state index is 0.0129. The summed E-state index contributed by atoms with van der Waals surface area (Å²) in [5, 5.41) is 13.9. The van der Waals surface area contributed by atoms with Crippen LogP contribution >= 0.6 is 11.6 Å². The Kier molecular flexibility index (Phi) is 6.08. The van der Waals surface area contributed by atoms with Crippen molar-refractivity contribution in [2.75, 3.05) is 0 Å². The first-order valence-electron chi connectivity index (χ1n) is 9.62. The molecule has 32 heavy (non-hydrogen) atoms. The molecule has 0 bridgehead atoms. The fourth-order valence-corrected chi connectivity index (χ4v) is 3.08. The molecule has 1 aromatic carbocycles. The van der Waals surface area contributed by atoms with Crippen molar-refractivity contribution < 1.29 is 9.18 Å². The maximum atomic E-state index is 13.8. The van der Waals surface area contributed by atoms with Crippen LogP contribution in [0, 0.1) is 19.7 Å². The van der Waals surface area contributed by atoms with Gasteiger partial charge in [0.05, 0.1) is 35.7 Å². The monoisotopic (exact) mass is 455 g/mol. The van der Waals surface area contributed by atoms with Crippen molar-refractivity contribution in [2.45, 2.75) is 26.9 Å². The van der Waals surface area contributed by atoms with Gasteiger partial charge in [0.15, 0.2) is 11.6 Å². The topological polar surface area (TPSA) is 115 Å². The Labute approximate surface area is 187 Å². The van der Waals surface area contributed by atoms with Crippen molar-refractivity contribution in [3.63, 3.8) is 0 Å². The molecule has 3 aromatic heterocycles. The number of aromatic nitrogens is 7. The van der Waals surface area contributed by atoms with Crippen molar-refractivity contribution in [2.24, 2.45) is 0 Å².